The Morgan fingerprint density at radius 3 is 2.59 bits per heavy atom. The van der Waals surface area contributed by atoms with Gasteiger partial charge in [0.2, 0.25) is 5.91 Å². The lowest BCUT2D eigenvalue weighted by molar-refractivity contribution is -0.122. The van der Waals surface area contributed by atoms with Gasteiger partial charge in [-0.3, -0.25) is 9.69 Å². The average molecular weight is 306 g/mol. The molecule has 1 fully saturated rings. The van der Waals surface area contributed by atoms with Crippen LogP contribution in [0.2, 0.25) is 0 Å². The molecule has 0 aliphatic carbocycles. The quantitative estimate of drug-likeness (QED) is 0.908. The number of nitrogens with zero attached hydrogens (tertiary/aromatic N) is 1. The molecule has 1 unspecified atom stereocenters. The maximum Gasteiger partial charge on any atom is 0.241 e. The zero-order valence-electron chi connectivity index (χ0n) is 14.1. The molecule has 1 aromatic rings. The van der Waals surface area contributed by atoms with E-state index in [4.69, 9.17) is 0 Å². The zero-order chi connectivity index (χ0) is 15.2. The van der Waals surface area contributed by atoms with Gasteiger partial charge in [-0.05, 0) is 57.3 Å². The van der Waals surface area contributed by atoms with Gasteiger partial charge in [-0.25, -0.2) is 0 Å². The second kappa shape index (κ2) is 8.91. The number of para-hydroxylation sites is 1. The van der Waals surface area contributed by atoms with Crippen molar-refractivity contribution in [1.82, 2.24) is 4.90 Å². The lowest BCUT2D eigenvalue weighted by atomic mass is 10.00. The van der Waals surface area contributed by atoms with Gasteiger partial charge in [0.1, 0.15) is 0 Å². The van der Waals surface area contributed by atoms with E-state index >= 15 is 0 Å². The average Bonchev–Trinajstić information content (AvgIpc) is 2.49. The molecule has 1 heterocycles. The summed E-state index contributed by atoms with van der Waals surface area (Å²) in [5, 5.41) is 3.17. The summed E-state index contributed by atoms with van der Waals surface area (Å²) in [6, 6.07) is 6.19. The molecule has 1 aliphatic rings. The molecule has 1 aromatic carbocycles. The summed E-state index contributed by atoms with van der Waals surface area (Å²) in [5.74, 6) is 0.170. The minimum Gasteiger partial charge on any atom is -0.412 e. The Hall–Kier alpha value is -1.39. The normalized spacial score (nSPS) is 18.6. The van der Waals surface area contributed by atoms with E-state index in [1.807, 2.05) is 6.07 Å². The van der Waals surface area contributed by atoms with Crippen LogP contribution in [-0.2, 0) is 4.79 Å². The molecule has 4 heteroatoms. The molecule has 1 amide bonds. The third-order valence-electron chi connectivity index (χ3n) is 4.44. The van der Waals surface area contributed by atoms with Crippen LogP contribution in [0.5, 0.6) is 0 Å². The summed E-state index contributed by atoms with van der Waals surface area (Å²) in [6.45, 7) is 8.42. The first-order chi connectivity index (χ1) is 10.1. The maximum absolute atomic E-state index is 12.7. The number of amides is 1. The highest BCUT2D eigenvalue weighted by Crippen LogP contribution is 2.23. The number of benzene rings is 1. The number of aryl methyl sites for hydroxylation is 2. The van der Waals surface area contributed by atoms with Gasteiger partial charge in [-0.15, -0.1) is 0 Å². The third kappa shape index (κ3) is 4.55. The van der Waals surface area contributed by atoms with Gasteiger partial charge < -0.3 is 10.8 Å². The predicted molar refractivity (Wildman–Crippen MR) is 92.3 cm³/mol. The standard InChI is InChI=1S/C18H28N2O.H2O/c1-4-5-12-20-13-7-6-11-16(20)18(21)19-17-14(2)9-8-10-15(17)3;/h8-10,16H,4-7,11-13H2,1-3H3,(H,19,21);1H2. The van der Waals surface area contributed by atoms with Crippen molar-refractivity contribution < 1.29 is 10.3 Å². The van der Waals surface area contributed by atoms with E-state index in [1.54, 1.807) is 0 Å². The number of nitrogens with one attached hydrogen (secondary N) is 1. The van der Waals surface area contributed by atoms with Crippen LogP contribution in [0.4, 0.5) is 5.69 Å². The third-order valence-corrected chi connectivity index (χ3v) is 4.44. The molecule has 1 aliphatic heterocycles. The molecule has 0 aromatic heterocycles. The molecule has 1 atom stereocenters. The van der Waals surface area contributed by atoms with Crippen LogP contribution in [0.1, 0.15) is 50.2 Å². The number of piperidine rings is 1. The van der Waals surface area contributed by atoms with Crippen LogP contribution < -0.4 is 5.32 Å². The number of carbonyl (C=O) groups excluding carboxylic acids is 1. The summed E-state index contributed by atoms with van der Waals surface area (Å²) in [7, 11) is 0. The molecule has 0 bridgehead atoms. The Kier molecular flexibility index (Phi) is 7.56. The van der Waals surface area contributed by atoms with Gasteiger partial charge in [-0.2, -0.15) is 0 Å². The van der Waals surface area contributed by atoms with Crippen molar-refractivity contribution >= 4 is 11.6 Å². The molecule has 124 valence electrons. The van der Waals surface area contributed by atoms with Crippen molar-refractivity contribution in [3.05, 3.63) is 29.3 Å². The maximum atomic E-state index is 12.7. The highest BCUT2D eigenvalue weighted by molar-refractivity contribution is 5.96. The van der Waals surface area contributed by atoms with E-state index < -0.39 is 0 Å². The highest BCUT2D eigenvalue weighted by Gasteiger charge is 2.28. The topological polar surface area (TPSA) is 63.8 Å². The number of likely N-dealkylation sites (tertiary alicyclic amines) is 1. The van der Waals surface area contributed by atoms with Crippen LogP contribution in [0, 0.1) is 13.8 Å². The summed E-state index contributed by atoms with van der Waals surface area (Å²) in [6.07, 6.45) is 5.72. The minimum absolute atomic E-state index is 0. The Morgan fingerprint density at radius 2 is 1.95 bits per heavy atom. The van der Waals surface area contributed by atoms with Crippen molar-refractivity contribution in [2.45, 2.75) is 58.9 Å². The van der Waals surface area contributed by atoms with Crippen LogP contribution in [0.25, 0.3) is 0 Å². The molecule has 1 saturated heterocycles. The predicted octanol–water partition coefficient (Wildman–Crippen LogP) is 3.07. The van der Waals surface area contributed by atoms with Gasteiger partial charge in [0.05, 0.1) is 6.04 Å². The van der Waals surface area contributed by atoms with Crippen molar-refractivity contribution in [1.29, 1.82) is 0 Å². The Morgan fingerprint density at radius 1 is 1.27 bits per heavy atom. The van der Waals surface area contributed by atoms with Gasteiger partial charge in [0.25, 0.3) is 0 Å². The second-order valence-corrected chi connectivity index (χ2v) is 6.16. The molecule has 4 nitrogen and oxygen atoms in total. The molecule has 3 N–H and O–H groups in total. The van der Waals surface area contributed by atoms with Crippen molar-refractivity contribution in [3.8, 4) is 0 Å². The lowest BCUT2D eigenvalue weighted by Crippen LogP contribution is -2.47. The van der Waals surface area contributed by atoms with E-state index in [9.17, 15) is 4.79 Å². The van der Waals surface area contributed by atoms with Gasteiger partial charge in [0.15, 0.2) is 0 Å². The first-order valence-corrected chi connectivity index (χ1v) is 8.24. The molecular weight excluding hydrogens is 276 g/mol. The minimum atomic E-state index is 0. The van der Waals surface area contributed by atoms with E-state index in [0.717, 1.165) is 42.7 Å². The van der Waals surface area contributed by atoms with Crippen molar-refractivity contribution in [2.75, 3.05) is 18.4 Å². The summed E-state index contributed by atoms with van der Waals surface area (Å²) in [4.78, 5) is 15.1. The summed E-state index contributed by atoms with van der Waals surface area (Å²) >= 11 is 0. The van der Waals surface area contributed by atoms with E-state index in [0.29, 0.717) is 0 Å². The van der Waals surface area contributed by atoms with Crippen LogP contribution in [0.15, 0.2) is 18.2 Å². The number of hydrogen-bond donors (Lipinski definition) is 1. The Bertz CT molecular complexity index is 468. The van der Waals surface area contributed by atoms with Gasteiger partial charge in [0, 0.05) is 5.69 Å². The number of rotatable bonds is 5. The zero-order valence-corrected chi connectivity index (χ0v) is 14.1. The van der Waals surface area contributed by atoms with Crippen LogP contribution >= 0.6 is 0 Å². The monoisotopic (exact) mass is 306 g/mol. The fourth-order valence-corrected chi connectivity index (χ4v) is 3.13. The van der Waals surface area contributed by atoms with Crippen molar-refractivity contribution in [3.63, 3.8) is 0 Å². The summed E-state index contributed by atoms with van der Waals surface area (Å²) in [5.41, 5.74) is 3.27. The largest absolute Gasteiger partial charge is 0.412 e. The molecule has 0 spiro atoms. The van der Waals surface area contributed by atoms with Crippen LogP contribution in [0.3, 0.4) is 0 Å². The number of anilines is 1. The highest BCUT2D eigenvalue weighted by atomic mass is 16.2. The number of hydrogen-bond acceptors (Lipinski definition) is 2. The number of unbranched alkanes of at least 4 members (excludes halogenated alkanes) is 1. The number of carbonyl (C=O) groups is 1. The fraction of sp³-hybridized carbons (Fsp3) is 0.611. The van der Waals surface area contributed by atoms with E-state index in [-0.39, 0.29) is 17.4 Å². The van der Waals surface area contributed by atoms with Crippen LogP contribution in [-0.4, -0.2) is 35.4 Å². The first kappa shape index (κ1) is 18.7. The summed E-state index contributed by atoms with van der Waals surface area (Å²) < 4.78 is 0. The molecule has 22 heavy (non-hydrogen) atoms. The lowest BCUT2D eigenvalue weighted by Gasteiger charge is -2.34. The second-order valence-electron chi connectivity index (χ2n) is 6.16. The fourth-order valence-electron chi connectivity index (χ4n) is 3.13. The molecular formula is C18H30N2O2. The van der Waals surface area contributed by atoms with Crippen molar-refractivity contribution in [2.24, 2.45) is 0 Å². The Labute approximate surface area is 134 Å². The van der Waals surface area contributed by atoms with E-state index in [1.165, 1.54) is 19.3 Å². The first-order valence-electron chi connectivity index (χ1n) is 8.24. The van der Waals surface area contributed by atoms with E-state index in [2.05, 4.69) is 43.1 Å². The Balaban J connectivity index is 0.00000242. The molecule has 0 saturated carbocycles. The SMILES string of the molecule is CCCCN1CCCCC1C(=O)Nc1c(C)cccc1C.O. The smallest absolute Gasteiger partial charge is 0.241 e. The molecule has 0 radical (unpaired) electrons. The van der Waals surface area contributed by atoms with Gasteiger partial charge >= 0.3 is 0 Å². The van der Waals surface area contributed by atoms with Gasteiger partial charge in [-0.1, -0.05) is 38.0 Å². The molecule has 2 rings (SSSR count).